The minimum atomic E-state index is -0.691. The van der Waals surface area contributed by atoms with Gasteiger partial charge in [-0.15, -0.1) is 0 Å². The highest BCUT2D eigenvalue weighted by Gasteiger charge is 2.21. The average Bonchev–Trinajstić information content (AvgIpc) is 2.59. The molecule has 0 radical (unpaired) electrons. The first-order valence-electron chi connectivity index (χ1n) is 8.28. The maximum atomic E-state index is 11.3. The molecule has 0 saturated heterocycles. The Labute approximate surface area is 160 Å². The van der Waals surface area contributed by atoms with Crippen LogP contribution in [0.2, 0.25) is 0 Å². The average molecular weight is 387 g/mol. The molecular formula is C18H30N2O5S. The van der Waals surface area contributed by atoms with Gasteiger partial charge in [-0.2, -0.15) is 0 Å². The first kappa shape index (κ1) is 24.2. The topological polar surface area (TPSA) is 113 Å². The lowest BCUT2D eigenvalue weighted by molar-refractivity contribution is -0.137. The van der Waals surface area contributed by atoms with Crippen LogP contribution in [0.4, 0.5) is 5.69 Å². The number of ether oxygens (including phenoxy) is 1. The number of benzene rings is 1. The smallest absolute Gasteiger partial charge is 0.303 e. The molecule has 7 nitrogen and oxygen atoms in total. The zero-order valence-electron chi connectivity index (χ0n) is 15.9. The summed E-state index contributed by atoms with van der Waals surface area (Å²) in [5.74, 6) is 0.0114. The maximum Gasteiger partial charge on any atom is 0.303 e. The van der Waals surface area contributed by atoms with Crippen LogP contribution in [-0.4, -0.2) is 35.2 Å². The number of fused-ring (bicyclic) bond motifs is 1. The molecule has 8 heteroatoms. The van der Waals surface area contributed by atoms with Crippen LogP contribution in [0.5, 0.6) is 5.75 Å². The number of carboxylic acid groups (broad SMARTS) is 1. The standard InChI is InChI=1S/C10H12N2O2.C8H16O2.H2OS/c1-12-8-3-2-7(5-11)4-9(8)14-6-10(12)13;1-8(2,3)6-4-5-7(9)10;1-2/h2-4H,5-6,11H2,1H3;4-6H2,1-3H3,(H,9,10);1-2H. The Morgan fingerprint density at radius 3 is 2.46 bits per heavy atom. The van der Waals surface area contributed by atoms with Crippen LogP contribution in [0.3, 0.4) is 0 Å². The summed E-state index contributed by atoms with van der Waals surface area (Å²) in [7, 11) is 1.74. The normalized spacial score (nSPS) is 12.7. The van der Waals surface area contributed by atoms with Crippen LogP contribution in [0, 0.1) is 5.41 Å². The molecule has 1 aliphatic rings. The van der Waals surface area contributed by atoms with Crippen molar-refractivity contribution in [1.29, 1.82) is 0 Å². The van der Waals surface area contributed by atoms with Crippen LogP contribution in [-0.2, 0) is 16.1 Å². The molecule has 0 aromatic heterocycles. The number of likely N-dealkylation sites (N-methyl/N-ethyl adjacent to an activating group) is 1. The van der Waals surface area contributed by atoms with Gasteiger partial charge in [0.1, 0.15) is 5.75 Å². The molecule has 0 atom stereocenters. The van der Waals surface area contributed by atoms with Crippen LogP contribution in [0.25, 0.3) is 0 Å². The summed E-state index contributed by atoms with van der Waals surface area (Å²) < 4.78 is 12.0. The van der Waals surface area contributed by atoms with Gasteiger partial charge in [-0.25, -0.2) is 0 Å². The van der Waals surface area contributed by atoms with E-state index in [2.05, 4.69) is 33.7 Å². The number of thiol groups is 1. The number of aliphatic carboxylic acids is 1. The van der Waals surface area contributed by atoms with E-state index < -0.39 is 5.97 Å². The van der Waals surface area contributed by atoms with E-state index in [4.69, 9.17) is 20.1 Å². The van der Waals surface area contributed by atoms with E-state index in [9.17, 15) is 9.59 Å². The van der Waals surface area contributed by atoms with Gasteiger partial charge in [0.15, 0.2) is 6.61 Å². The molecule has 148 valence electrons. The second kappa shape index (κ2) is 11.8. The summed E-state index contributed by atoms with van der Waals surface area (Å²) in [5, 5.41) is 8.31. The number of carbonyl (C=O) groups is 2. The Morgan fingerprint density at radius 1 is 1.35 bits per heavy atom. The first-order chi connectivity index (χ1) is 12.1. The van der Waals surface area contributed by atoms with E-state index >= 15 is 0 Å². The zero-order valence-corrected chi connectivity index (χ0v) is 16.8. The van der Waals surface area contributed by atoms with Crippen molar-refractivity contribution in [3.05, 3.63) is 23.8 Å². The van der Waals surface area contributed by atoms with Gasteiger partial charge in [-0.3, -0.25) is 9.59 Å². The Bertz CT molecular complexity index is 587. The molecule has 26 heavy (non-hydrogen) atoms. The van der Waals surface area contributed by atoms with E-state index in [-0.39, 0.29) is 17.9 Å². The van der Waals surface area contributed by atoms with Crippen molar-refractivity contribution in [2.24, 2.45) is 11.1 Å². The number of carbonyl (C=O) groups excluding carboxylic acids is 1. The number of rotatable bonds is 4. The summed E-state index contributed by atoms with van der Waals surface area (Å²) >= 11 is 2.53. The van der Waals surface area contributed by atoms with Gasteiger partial charge >= 0.3 is 5.97 Å². The predicted octanol–water partition coefficient (Wildman–Crippen LogP) is 3.18. The fourth-order valence-corrected chi connectivity index (χ4v) is 2.22. The van der Waals surface area contributed by atoms with Gasteiger partial charge in [-0.05, 0) is 48.9 Å². The number of hydrogen-bond donors (Lipinski definition) is 4. The molecule has 1 aliphatic heterocycles. The third-order valence-corrected chi connectivity index (χ3v) is 3.66. The number of amides is 1. The van der Waals surface area contributed by atoms with Crippen molar-refractivity contribution in [3.8, 4) is 5.75 Å². The molecule has 0 fully saturated rings. The van der Waals surface area contributed by atoms with Gasteiger partial charge in [0.2, 0.25) is 0 Å². The monoisotopic (exact) mass is 386 g/mol. The van der Waals surface area contributed by atoms with E-state index in [0.717, 1.165) is 29.8 Å². The molecule has 0 unspecified atom stereocenters. The first-order valence-corrected chi connectivity index (χ1v) is 8.68. The molecule has 0 spiro atoms. The molecule has 0 saturated carbocycles. The molecule has 2 rings (SSSR count). The van der Waals surface area contributed by atoms with Crippen LogP contribution < -0.4 is 15.4 Å². The third-order valence-electron chi connectivity index (χ3n) is 3.66. The predicted molar refractivity (Wildman–Crippen MR) is 106 cm³/mol. The van der Waals surface area contributed by atoms with Crippen molar-refractivity contribution >= 4 is 30.5 Å². The molecule has 1 heterocycles. The third kappa shape index (κ3) is 9.07. The summed E-state index contributed by atoms with van der Waals surface area (Å²) in [5.41, 5.74) is 7.59. The van der Waals surface area contributed by atoms with Crippen molar-refractivity contribution in [2.75, 3.05) is 18.6 Å². The van der Waals surface area contributed by atoms with E-state index in [1.165, 1.54) is 0 Å². The second-order valence-corrected chi connectivity index (χ2v) is 7.06. The van der Waals surface area contributed by atoms with Gasteiger partial charge in [0.25, 0.3) is 5.91 Å². The maximum absolute atomic E-state index is 11.3. The molecular weight excluding hydrogens is 356 g/mol. The second-order valence-electron chi connectivity index (χ2n) is 7.06. The lowest BCUT2D eigenvalue weighted by Crippen LogP contribution is -2.35. The minimum absolute atomic E-state index is 0.0296. The van der Waals surface area contributed by atoms with Gasteiger partial charge < -0.3 is 25.0 Å². The molecule has 1 aromatic rings. The molecule has 1 aromatic carbocycles. The Kier molecular flexibility index (Phi) is 11.0. The lowest BCUT2D eigenvalue weighted by Gasteiger charge is -2.26. The Hall–Kier alpha value is -1.77. The summed E-state index contributed by atoms with van der Waals surface area (Å²) in [6.07, 6.45) is 2.08. The summed E-state index contributed by atoms with van der Waals surface area (Å²) in [4.78, 5) is 23.0. The van der Waals surface area contributed by atoms with Crippen molar-refractivity contribution < 1.29 is 24.0 Å². The van der Waals surface area contributed by atoms with E-state index in [0.29, 0.717) is 13.0 Å². The number of anilines is 1. The van der Waals surface area contributed by atoms with Crippen LogP contribution in [0.15, 0.2) is 18.2 Å². The highest BCUT2D eigenvalue weighted by Crippen LogP contribution is 2.31. The highest BCUT2D eigenvalue weighted by molar-refractivity contribution is 7.74. The number of hydrogen-bond acceptors (Lipinski definition) is 6. The van der Waals surface area contributed by atoms with Gasteiger partial charge in [0.05, 0.1) is 5.69 Å². The summed E-state index contributed by atoms with van der Waals surface area (Å²) in [6, 6.07) is 5.63. The molecule has 4 N–H and O–H groups in total. The van der Waals surface area contributed by atoms with Gasteiger partial charge in [-0.1, -0.05) is 26.8 Å². The Balaban J connectivity index is 0.000000464. The molecule has 0 aliphatic carbocycles. The molecule has 1 amide bonds. The zero-order chi connectivity index (χ0) is 20.3. The quantitative estimate of drug-likeness (QED) is 0.467. The number of carboxylic acids is 1. The lowest BCUT2D eigenvalue weighted by atomic mass is 9.90. The fraction of sp³-hybridized carbons (Fsp3) is 0.556. The van der Waals surface area contributed by atoms with Crippen LogP contribution in [0.1, 0.15) is 45.6 Å². The Morgan fingerprint density at radius 2 is 1.96 bits per heavy atom. The highest BCUT2D eigenvalue weighted by atomic mass is 32.1. The molecule has 0 bridgehead atoms. The van der Waals surface area contributed by atoms with Crippen LogP contribution >= 0.6 is 12.9 Å². The van der Waals surface area contributed by atoms with Crippen molar-refractivity contribution in [1.82, 2.24) is 0 Å². The van der Waals surface area contributed by atoms with Crippen molar-refractivity contribution in [2.45, 2.75) is 46.6 Å². The SMILES string of the molecule is CC(C)(C)CCCC(=O)O.CN1C(=O)COc2cc(CN)ccc21.OS. The van der Waals surface area contributed by atoms with E-state index in [1.54, 1.807) is 11.9 Å². The van der Waals surface area contributed by atoms with Gasteiger partial charge in [0, 0.05) is 20.0 Å². The minimum Gasteiger partial charge on any atom is -0.482 e. The largest absolute Gasteiger partial charge is 0.482 e. The fourth-order valence-electron chi connectivity index (χ4n) is 2.22. The summed E-state index contributed by atoms with van der Waals surface area (Å²) in [6.45, 7) is 6.95. The van der Waals surface area contributed by atoms with E-state index in [1.807, 2.05) is 18.2 Å². The number of nitrogens with zero attached hydrogens (tertiary/aromatic N) is 1. The number of nitrogens with two attached hydrogens (primary N) is 1. The van der Waals surface area contributed by atoms with Crippen molar-refractivity contribution in [3.63, 3.8) is 0 Å².